The van der Waals surface area contributed by atoms with Gasteiger partial charge in [-0.2, -0.15) is 0 Å². The van der Waals surface area contributed by atoms with E-state index in [2.05, 4.69) is 76.2 Å². The van der Waals surface area contributed by atoms with Crippen LogP contribution in [-0.4, -0.2) is 8.80 Å². The Hall–Kier alpha value is -1.83. The Morgan fingerprint density at radius 3 is 2.00 bits per heavy atom. The van der Waals surface area contributed by atoms with Gasteiger partial charge < -0.3 is 0 Å². The molecule has 1 radical (unpaired) electrons. The average Bonchev–Trinajstić information content (AvgIpc) is 2.52. The molecular weight excluding hydrogens is 328 g/mol. The molecule has 0 saturated heterocycles. The second-order valence-electron chi connectivity index (χ2n) is 6.48. The van der Waals surface area contributed by atoms with E-state index in [0.29, 0.717) is 0 Å². The Bertz CT molecular complexity index is 863. The van der Waals surface area contributed by atoms with Crippen molar-refractivity contribution in [2.75, 3.05) is 0 Å². The van der Waals surface area contributed by atoms with Crippen LogP contribution in [0.25, 0.3) is 0 Å². The van der Waals surface area contributed by atoms with Gasteiger partial charge >= 0.3 is 0 Å². The lowest BCUT2D eigenvalue weighted by molar-refractivity contribution is 1.36. The van der Waals surface area contributed by atoms with Crippen molar-refractivity contribution in [1.82, 2.24) is 0 Å². The minimum atomic E-state index is -1.14. The second-order valence-corrected chi connectivity index (χ2v) is 9.29. The third kappa shape index (κ3) is 3.33. The van der Waals surface area contributed by atoms with Gasteiger partial charge in [0.1, 0.15) is 0 Å². The van der Waals surface area contributed by atoms with Crippen LogP contribution in [0.3, 0.4) is 0 Å². The van der Waals surface area contributed by atoms with Gasteiger partial charge in [-0.3, -0.25) is 0 Å². The zero-order valence-corrected chi connectivity index (χ0v) is 16.4. The molecule has 0 nitrogen and oxygen atoms in total. The molecule has 3 rings (SSSR count). The summed E-state index contributed by atoms with van der Waals surface area (Å²) in [6.07, 6.45) is 0. The lowest BCUT2D eigenvalue weighted by Crippen LogP contribution is -2.53. The first-order chi connectivity index (χ1) is 11.5. The van der Waals surface area contributed by atoms with Crippen molar-refractivity contribution < 1.29 is 0 Å². The summed E-state index contributed by atoms with van der Waals surface area (Å²) >= 11 is 6.62. The fourth-order valence-corrected chi connectivity index (χ4v) is 6.76. The van der Waals surface area contributed by atoms with Gasteiger partial charge in [-0.15, -0.1) is 0 Å². The van der Waals surface area contributed by atoms with Gasteiger partial charge in [0, 0.05) is 5.02 Å². The molecule has 0 aliphatic rings. The average molecular weight is 350 g/mol. The highest BCUT2D eigenvalue weighted by Gasteiger charge is 2.24. The Kier molecular flexibility index (Phi) is 4.93. The minimum absolute atomic E-state index is 0.867. The predicted molar refractivity (Wildman–Crippen MR) is 108 cm³/mol. The molecule has 0 bridgehead atoms. The summed E-state index contributed by atoms with van der Waals surface area (Å²) in [7, 11) is -1.14. The van der Waals surface area contributed by atoms with E-state index in [1.54, 1.807) is 0 Å². The summed E-state index contributed by atoms with van der Waals surface area (Å²) in [5, 5.41) is 4.96. The van der Waals surface area contributed by atoms with Crippen molar-refractivity contribution in [3.05, 3.63) is 87.9 Å². The number of halogens is 1. The topological polar surface area (TPSA) is 0 Å². The molecule has 24 heavy (non-hydrogen) atoms. The highest BCUT2D eigenvalue weighted by atomic mass is 35.5. The number of hydrogen-bond acceptors (Lipinski definition) is 0. The molecule has 0 aliphatic heterocycles. The number of rotatable bonds is 3. The van der Waals surface area contributed by atoms with E-state index in [9.17, 15) is 0 Å². The molecule has 2 heteroatoms. The van der Waals surface area contributed by atoms with Crippen LogP contribution < -0.4 is 15.6 Å². The smallest absolute Gasteiger partial charge is 0.0845 e. The zero-order chi connectivity index (χ0) is 17.3. The quantitative estimate of drug-likeness (QED) is 0.493. The van der Waals surface area contributed by atoms with E-state index >= 15 is 0 Å². The monoisotopic (exact) mass is 349 g/mol. The summed E-state index contributed by atoms with van der Waals surface area (Å²) in [6, 6.07) is 21.8. The van der Waals surface area contributed by atoms with Crippen molar-refractivity contribution >= 4 is 36.0 Å². The van der Waals surface area contributed by atoms with E-state index in [1.165, 1.54) is 37.8 Å². The Morgan fingerprint density at radius 2 is 1.33 bits per heavy atom. The van der Waals surface area contributed by atoms with Crippen LogP contribution in [-0.2, 0) is 0 Å². The molecule has 0 aliphatic carbocycles. The molecule has 0 atom stereocenters. The lowest BCUT2D eigenvalue weighted by Gasteiger charge is -2.21. The van der Waals surface area contributed by atoms with Gasteiger partial charge in [0.2, 0.25) is 0 Å². The van der Waals surface area contributed by atoms with Crippen LogP contribution in [0.4, 0.5) is 0 Å². The van der Waals surface area contributed by atoms with E-state index in [4.69, 9.17) is 11.6 Å². The van der Waals surface area contributed by atoms with Crippen molar-refractivity contribution in [2.24, 2.45) is 0 Å². The van der Waals surface area contributed by atoms with E-state index in [0.717, 1.165) is 5.02 Å². The van der Waals surface area contributed by atoms with Crippen molar-refractivity contribution in [2.45, 2.75) is 27.7 Å². The van der Waals surface area contributed by atoms with Gasteiger partial charge in [0.25, 0.3) is 0 Å². The Balaban J connectivity index is 2.29. The van der Waals surface area contributed by atoms with Gasteiger partial charge in [0.15, 0.2) is 8.80 Å². The Labute approximate surface area is 151 Å². The molecule has 0 heterocycles. The molecule has 0 amide bonds. The summed E-state index contributed by atoms with van der Waals surface area (Å²) < 4.78 is 0. The van der Waals surface area contributed by atoms with Gasteiger partial charge in [-0.1, -0.05) is 82.5 Å². The number of hydrogen-bond donors (Lipinski definition) is 0. The largest absolute Gasteiger partial charge is 0.156 e. The van der Waals surface area contributed by atoms with Crippen LogP contribution in [0.15, 0.2) is 60.7 Å². The maximum Gasteiger partial charge on any atom is 0.156 e. The summed E-state index contributed by atoms with van der Waals surface area (Å²) in [5.74, 6) is 0. The van der Waals surface area contributed by atoms with Gasteiger partial charge in [-0.25, -0.2) is 0 Å². The molecular formula is C22H22ClSi. The fourth-order valence-electron chi connectivity index (χ4n) is 3.26. The highest BCUT2D eigenvalue weighted by Crippen LogP contribution is 2.11. The number of aryl methyl sites for hydroxylation is 3. The normalized spacial score (nSPS) is 11.1. The van der Waals surface area contributed by atoms with Gasteiger partial charge in [-0.05, 0) is 55.3 Å². The second kappa shape index (κ2) is 6.96. The van der Waals surface area contributed by atoms with Crippen molar-refractivity contribution in [3.8, 4) is 0 Å². The minimum Gasteiger partial charge on any atom is -0.0845 e. The van der Waals surface area contributed by atoms with Crippen LogP contribution in [0.1, 0.15) is 22.3 Å². The van der Waals surface area contributed by atoms with Crippen molar-refractivity contribution in [3.63, 3.8) is 0 Å². The molecule has 3 aromatic carbocycles. The molecule has 0 aromatic heterocycles. The van der Waals surface area contributed by atoms with Crippen LogP contribution in [0.5, 0.6) is 0 Å². The van der Waals surface area contributed by atoms with Crippen LogP contribution in [0.2, 0.25) is 5.02 Å². The predicted octanol–water partition coefficient (Wildman–Crippen LogP) is 4.09. The molecule has 0 spiro atoms. The van der Waals surface area contributed by atoms with Crippen LogP contribution >= 0.6 is 11.6 Å². The standard InChI is InChI=1S/C22H22ClSi/c1-15-12-16(2)14-19(13-15)24(22-10-6-5-9-20(22)23)21-11-7-8-17(3)18(21)4/h5-14H,1-4H3. The first-order valence-corrected chi connectivity index (χ1v) is 10.1. The summed E-state index contributed by atoms with van der Waals surface area (Å²) in [4.78, 5) is 0. The van der Waals surface area contributed by atoms with Crippen molar-refractivity contribution in [1.29, 1.82) is 0 Å². The maximum atomic E-state index is 6.62. The fraction of sp³-hybridized carbons (Fsp3) is 0.182. The summed E-state index contributed by atoms with van der Waals surface area (Å²) in [6.45, 7) is 8.76. The molecule has 3 aromatic rings. The zero-order valence-electron chi connectivity index (χ0n) is 14.7. The number of benzene rings is 3. The molecule has 0 unspecified atom stereocenters. The lowest BCUT2D eigenvalue weighted by atomic mass is 10.1. The first kappa shape index (κ1) is 17.0. The maximum absolute atomic E-state index is 6.62. The molecule has 0 saturated carbocycles. The van der Waals surface area contributed by atoms with Gasteiger partial charge in [0.05, 0.1) is 0 Å². The molecule has 121 valence electrons. The molecule has 0 fully saturated rings. The third-order valence-electron chi connectivity index (χ3n) is 4.53. The van der Waals surface area contributed by atoms with E-state index < -0.39 is 8.80 Å². The molecule has 0 N–H and O–H groups in total. The van der Waals surface area contributed by atoms with E-state index in [1.807, 2.05) is 12.1 Å². The Morgan fingerprint density at radius 1 is 0.708 bits per heavy atom. The third-order valence-corrected chi connectivity index (χ3v) is 7.94. The van der Waals surface area contributed by atoms with Crippen LogP contribution in [0, 0.1) is 27.7 Å². The van der Waals surface area contributed by atoms with E-state index in [-0.39, 0.29) is 0 Å². The summed E-state index contributed by atoms with van der Waals surface area (Å²) in [5.41, 5.74) is 5.34. The highest BCUT2D eigenvalue weighted by molar-refractivity contribution is 6.96. The SMILES string of the molecule is Cc1cc(C)cc([Si](c2ccccc2Cl)c2cccc(C)c2C)c1. The first-order valence-electron chi connectivity index (χ1n) is 8.24.